The molecule has 4 rings (SSSR count). The number of ether oxygens (including phenoxy) is 1. The van der Waals surface area contributed by atoms with Crippen molar-refractivity contribution < 1.29 is 19.1 Å². The number of urea groups is 1. The third-order valence-corrected chi connectivity index (χ3v) is 6.72. The van der Waals surface area contributed by atoms with Gasteiger partial charge in [-0.05, 0) is 68.8 Å². The minimum atomic E-state index is -0.289. The van der Waals surface area contributed by atoms with Crippen LogP contribution in [-0.4, -0.2) is 73.0 Å². The van der Waals surface area contributed by atoms with Gasteiger partial charge in [0, 0.05) is 55.2 Å². The van der Waals surface area contributed by atoms with Gasteiger partial charge < -0.3 is 30.1 Å². The number of nitrogens with one attached hydrogen (secondary N) is 2. The van der Waals surface area contributed by atoms with Gasteiger partial charge in [-0.3, -0.25) is 9.59 Å². The topological polar surface area (TPSA) is 94.2 Å². The van der Waals surface area contributed by atoms with E-state index in [1.54, 1.807) is 31.4 Å². The first-order valence-corrected chi connectivity index (χ1v) is 13.8. The summed E-state index contributed by atoms with van der Waals surface area (Å²) in [6.45, 7) is 8.84. The molecule has 0 unspecified atom stereocenters. The number of rotatable bonds is 8. The fourth-order valence-corrected chi connectivity index (χ4v) is 4.64. The van der Waals surface area contributed by atoms with Crippen molar-refractivity contribution in [3.8, 4) is 5.75 Å². The normalized spacial score (nSPS) is 13.4. The molecule has 0 radical (unpaired) electrons. The number of carbonyl (C=O) groups excluding carboxylic acids is 3. The summed E-state index contributed by atoms with van der Waals surface area (Å²) < 4.78 is 5.28. The highest BCUT2D eigenvalue weighted by Crippen LogP contribution is 2.21. The molecule has 3 aromatic rings. The van der Waals surface area contributed by atoms with E-state index in [4.69, 9.17) is 4.74 Å². The molecule has 9 nitrogen and oxygen atoms in total. The number of carbonyl (C=O) groups is 3. The third-order valence-electron chi connectivity index (χ3n) is 6.72. The Bertz CT molecular complexity index is 1330. The third kappa shape index (κ3) is 8.48. The molecule has 1 saturated heterocycles. The summed E-state index contributed by atoms with van der Waals surface area (Å²) in [6, 6.07) is 24.1. The van der Waals surface area contributed by atoms with Gasteiger partial charge in [0.15, 0.2) is 0 Å². The predicted molar refractivity (Wildman–Crippen MR) is 161 cm³/mol. The van der Waals surface area contributed by atoms with Crippen molar-refractivity contribution in [2.75, 3.05) is 50.1 Å². The molecule has 0 atom stereocenters. The first-order chi connectivity index (χ1) is 19.6. The highest BCUT2D eigenvalue weighted by atomic mass is 16.5. The van der Waals surface area contributed by atoms with Gasteiger partial charge in [0.1, 0.15) is 12.3 Å². The minimum absolute atomic E-state index is 0.0404. The summed E-state index contributed by atoms with van der Waals surface area (Å²) in [5.41, 5.74) is 2.79. The summed E-state index contributed by atoms with van der Waals surface area (Å²) >= 11 is 0. The highest BCUT2D eigenvalue weighted by Gasteiger charge is 2.24. The van der Waals surface area contributed by atoms with Crippen molar-refractivity contribution in [2.45, 2.75) is 32.9 Å². The molecule has 9 heteroatoms. The lowest BCUT2D eigenvalue weighted by molar-refractivity contribution is -0.117. The molecular weight excluding hydrogens is 518 g/mol. The number of piperazine rings is 1. The second-order valence-corrected chi connectivity index (χ2v) is 11.1. The van der Waals surface area contributed by atoms with Crippen LogP contribution in [0.1, 0.15) is 36.7 Å². The molecule has 3 aromatic carbocycles. The average Bonchev–Trinajstić information content (AvgIpc) is 2.96. The summed E-state index contributed by atoms with van der Waals surface area (Å²) in [4.78, 5) is 44.5. The quantitative estimate of drug-likeness (QED) is 0.422. The van der Waals surface area contributed by atoms with Gasteiger partial charge in [0.05, 0.1) is 7.11 Å². The molecule has 0 aliphatic carbocycles. The Kier molecular flexibility index (Phi) is 9.49. The molecule has 1 fully saturated rings. The number of nitrogens with zero attached hydrogens (tertiary/aromatic N) is 3. The highest BCUT2D eigenvalue weighted by molar-refractivity contribution is 5.99. The van der Waals surface area contributed by atoms with Crippen LogP contribution in [0.2, 0.25) is 0 Å². The molecule has 2 N–H and O–H groups in total. The molecule has 0 aromatic heterocycles. The largest absolute Gasteiger partial charge is 0.497 e. The van der Waals surface area contributed by atoms with E-state index in [1.165, 1.54) is 4.90 Å². The van der Waals surface area contributed by atoms with Gasteiger partial charge in [-0.15, -0.1) is 0 Å². The molecule has 1 aliphatic rings. The van der Waals surface area contributed by atoms with Crippen molar-refractivity contribution in [3.05, 3.63) is 90.0 Å². The van der Waals surface area contributed by atoms with Gasteiger partial charge in [-0.25, -0.2) is 4.79 Å². The standard InChI is InChI=1S/C32H39N5O4/c1-32(2,3)34-31(40)36-19-17-35(18-20-36)27-15-13-26(14-16-27)33-29(38)23-37(22-24-9-6-5-7-10-24)30(39)25-11-8-12-28(21-25)41-4/h5-16,21H,17-20,22-23H2,1-4H3,(H,33,38)(H,34,40). The molecular formula is C32H39N5O4. The summed E-state index contributed by atoms with van der Waals surface area (Å²) in [5.74, 6) is 0.0339. The number of amides is 4. The van der Waals surface area contributed by atoms with Crippen LogP contribution < -0.4 is 20.3 Å². The molecule has 0 bridgehead atoms. The van der Waals surface area contributed by atoms with Crippen LogP contribution in [0.4, 0.5) is 16.2 Å². The monoisotopic (exact) mass is 557 g/mol. The Morgan fingerprint density at radius 3 is 2.20 bits per heavy atom. The lowest BCUT2D eigenvalue weighted by Crippen LogP contribution is -2.55. The van der Waals surface area contributed by atoms with Gasteiger partial charge in [-0.1, -0.05) is 36.4 Å². The maximum absolute atomic E-state index is 13.4. The molecule has 0 spiro atoms. The first kappa shape index (κ1) is 29.5. The van der Waals surface area contributed by atoms with Crippen LogP contribution in [0.5, 0.6) is 5.75 Å². The Morgan fingerprint density at radius 2 is 1.56 bits per heavy atom. The Labute approximate surface area is 242 Å². The van der Waals surface area contributed by atoms with Gasteiger partial charge in [-0.2, -0.15) is 0 Å². The van der Waals surface area contributed by atoms with Crippen LogP contribution in [0, 0.1) is 0 Å². The lowest BCUT2D eigenvalue weighted by Gasteiger charge is -2.37. The number of benzene rings is 3. The van der Waals surface area contributed by atoms with Crippen molar-refractivity contribution in [1.82, 2.24) is 15.1 Å². The maximum Gasteiger partial charge on any atom is 0.317 e. The smallest absolute Gasteiger partial charge is 0.317 e. The van der Waals surface area contributed by atoms with E-state index in [1.807, 2.05) is 80.3 Å². The first-order valence-electron chi connectivity index (χ1n) is 13.8. The van der Waals surface area contributed by atoms with Gasteiger partial charge in [0.2, 0.25) is 5.91 Å². The van der Waals surface area contributed by atoms with Crippen LogP contribution >= 0.6 is 0 Å². The van der Waals surface area contributed by atoms with E-state index in [9.17, 15) is 14.4 Å². The van der Waals surface area contributed by atoms with Crippen LogP contribution in [-0.2, 0) is 11.3 Å². The van der Waals surface area contributed by atoms with E-state index < -0.39 is 0 Å². The molecule has 1 aliphatic heterocycles. The van der Waals surface area contributed by atoms with E-state index in [-0.39, 0.29) is 29.9 Å². The molecule has 216 valence electrons. The zero-order valence-corrected chi connectivity index (χ0v) is 24.2. The molecule has 4 amide bonds. The van der Waals surface area contributed by atoms with Crippen LogP contribution in [0.25, 0.3) is 0 Å². The van der Waals surface area contributed by atoms with Crippen molar-refractivity contribution in [2.24, 2.45) is 0 Å². The number of anilines is 2. The SMILES string of the molecule is COc1cccc(C(=O)N(CC(=O)Nc2ccc(N3CCN(C(=O)NC(C)(C)C)CC3)cc2)Cc2ccccc2)c1. The van der Waals surface area contributed by atoms with Gasteiger partial charge >= 0.3 is 6.03 Å². The Balaban J connectivity index is 1.36. The van der Waals surface area contributed by atoms with Crippen LogP contribution in [0.3, 0.4) is 0 Å². The van der Waals surface area contributed by atoms with E-state index in [2.05, 4.69) is 15.5 Å². The number of methoxy groups -OCH3 is 1. The zero-order valence-electron chi connectivity index (χ0n) is 24.2. The zero-order chi connectivity index (χ0) is 29.4. The maximum atomic E-state index is 13.4. The average molecular weight is 558 g/mol. The van der Waals surface area contributed by atoms with Crippen molar-refractivity contribution >= 4 is 29.2 Å². The summed E-state index contributed by atoms with van der Waals surface area (Å²) in [7, 11) is 1.55. The van der Waals surface area contributed by atoms with Crippen molar-refractivity contribution in [1.29, 1.82) is 0 Å². The molecule has 1 heterocycles. The van der Waals surface area contributed by atoms with Crippen LogP contribution in [0.15, 0.2) is 78.9 Å². The van der Waals surface area contributed by atoms with Crippen molar-refractivity contribution in [3.63, 3.8) is 0 Å². The molecule has 41 heavy (non-hydrogen) atoms. The van der Waals surface area contributed by atoms with E-state index in [0.717, 1.165) is 24.3 Å². The van der Waals surface area contributed by atoms with E-state index >= 15 is 0 Å². The Hall–Kier alpha value is -4.53. The predicted octanol–water partition coefficient (Wildman–Crippen LogP) is 4.61. The summed E-state index contributed by atoms with van der Waals surface area (Å²) in [5, 5.41) is 5.94. The second kappa shape index (κ2) is 13.2. The van der Waals surface area contributed by atoms with Gasteiger partial charge in [0.25, 0.3) is 5.91 Å². The van der Waals surface area contributed by atoms with E-state index in [0.29, 0.717) is 36.6 Å². The fourth-order valence-electron chi connectivity index (χ4n) is 4.64. The second-order valence-electron chi connectivity index (χ2n) is 11.1. The Morgan fingerprint density at radius 1 is 0.878 bits per heavy atom. The minimum Gasteiger partial charge on any atom is -0.497 e. The number of hydrogen-bond acceptors (Lipinski definition) is 5. The summed E-state index contributed by atoms with van der Waals surface area (Å²) in [6.07, 6.45) is 0. The molecule has 0 saturated carbocycles. The fraction of sp³-hybridized carbons (Fsp3) is 0.344. The lowest BCUT2D eigenvalue weighted by atomic mass is 10.1. The number of hydrogen-bond donors (Lipinski definition) is 2.